The Bertz CT molecular complexity index is 1070. The van der Waals surface area contributed by atoms with Crippen LogP contribution in [-0.4, -0.2) is 31.0 Å². The second-order valence-corrected chi connectivity index (χ2v) is 7.57. The Hall–Kier alpha value is -2.84. The monoisotopic (exact) mass is 433 g/mol. The summed E-state index contributed by atoms with van der Waals surface area (Å²) in [5.41, 5.74) is 2.06. The number of methoxy groups -OCH3 is 2. The molecule has 2 amide bonds. The number of anilines is 2. The van der Waals surface area contributed by atoms with Gasteiger partial charge in [-0.15, -0.1) is 0 Å². The summed E-state index contributed by atoms with van der Waals surface area (Å²) < 4.78 is 11.4. The fourth-order valence-electron chi connectivity index (χ4n) is 2.68. The molecular weight excluding hydrogens is 414 g/mol. The average Bonchev–Trinajstić information content (AvgIpc) is 3.09. The minimum absolute atomic E-state index is 0.0873. The van der Waals surface area contributed by atoms with Crippen LogP contribution in [0.15, 0.2) is 30.3 Å². The van der Waals surface area contributed by atoms with Crippen molar-refractivity contribution in [1.82, 2.24) is 4.98 Å². The number of amides is 2. The van der Waals surface area contributed by atoms with E-state index in [0.29, 0.717) is 33.8 Å². The van der Waals surface area contributed by atoms with E-state index < -0.39 is 0 Å². The van der Waals surface area contributed by atoms with Gasteiger partial charge in [0.15, 0.2) is 5.13 Å². The van der Waals surface area contributed by atoms with Gasteiger partial charge in [0.1, 0.15) is 11.5 Å². The lowest BCUT2D eigenvalue weighted by molar-refractivity contribution is -0.116. The van der Waals surface area contributed by atoms with E-state index in [9.17, 15) is 9.59 Å². The Morgan fingerprint density at radius 2 is 1.83 bits per heavy atom. The number of rotatable bonds is 7. The second kappa shape index (κ2) is 9.11. The summed E-state index contributed by atoms with van der Waals surface area (Å²) in [6, 6.07) is 8.78. The molecule has 152 valence electrons. The number of hydrogen-bond acceptors (Lipinski definition) is 6. The molecule has 0 atom stereocenters. The van der Waals surface area contributed by atoms with Crippen LogP contribution in [0.2, 0.25) is 5.02 Å². The van der Waals surface area contributed by atoms with Crippen molar-refractivity contribution in [2.75, 3.05) is 24.9 Å². The van der Waals surface area contributed by atoms with Gasteiger partial charge in [-0.05, 0) is 23.8 Å². The second-order valence-electron chi connectivity index (χ2n) is 6.13. The summed E-state index contributed by atoms with van der Waals surface area (Å²) in [4.78, 5) is 28.4. The van der Waals surface area contributed by atoms with Crippen LogP contribution < -0.4 is 20.1 Å². The maximum Gasteiger partial charge on any atom is 0.228 e. The highest BCUT2D eigenvalue weighted by molar-refractivity contribution is 7.22. The summed E-state index contributed by atoms with van der Waals surface area (Å²) in [5, 5.41) is 6.49. The Morgan fingerprint density at radius 1 is 1.07 bits per heavy atom. The fraction of sp³-hybridized carbons (Fsp3) is 0.250. The van der Waals surface area contributed by atoms with E-state index in [-0.39, 0.29) is 18.2 Å². The maximum atomic E-state index is 12.5. The zero-order chi connectivity index (χ0) is 21.0. The number of fused-ring (bicyclic) bond motifs is 1. The van der Waals surface area contributed by atoms with Crippen LogP contribution in [-0.2, 0) is 16.0 Å². The number of carbonyl (C=O) groups excluding carboxylic acids is 2. The average molecular weight is 434 g/mol. The molecule has 0 aliphatic carbocycles. The molecule has 0 spiro atoms. The number of carbonyl (C=O) groups is 2. The maximum absolute atomic E-state index is 12.5. The van der Waals surface area contributed by atoms with Gasteiger partial charge >= 0.3 is 0 Å². The van der Waals surface area contributed by atoms with Crippen LogP contribution in [0.25, 0.3) is 10.2 Å². The lowest BCUT2D eigenvalue weighted by Crippen LogP contribution is -2.15. The Morgan fingerprint density at radius 3 is 2.52 bits per heavy atom. The molecule has 9 heteroatoms. The molecule has 3 aromatic rings. The predicted molar refractivity (Wildman–Crippen MR) is 115 cm³/mol. The van der Waals surface area contributed by atoms with Crippen LogP contribution in [0.5, 0.6) is 11.5 Å². The molecule has 0 aliphatic rings. The van der Waals surface area contributed by atoms with Crippen LogP contribution in [0.1, 0.15) is 18.9 Å². The third kappa shape index (κ3) is 4.96. The van der Waals surface area contributed by atoms with Crippen molar-refractivity contribution >= 4 is 55.8 Å². The highest BCUT2D eigenvalue weighted by Crippen LogP contribution is 2.36. The number of halogens is 1. The molecule has 0 aliphatic heterocycles. The van der Waals surface area contributed by atoms with E-state index in [1.54, 1.807) is 19.1 Å². The summed E-state index contributed by atoms with van der Waals surface area (Å²) in [6.07, 6.45) is 0.553. The van der Waals surface area contributed by atoms with E-state index in [1.165, 1.54) is 25.6 Å². The van der Waals surface area contributed by atoms with Crippen molar-refractivity contribution < 1.29 is 19.1 Å². The van der Waals surface area contributed by atoms with Crippen molar-refractivity contribution in [3.63, 3.8) is 0 Å². The van der Waals surface area contributed by atoms with E-state index >= 15 is 0 Å². The van der Waals surface area contributed by atoms with Gasteiger partial charge in [0.2, 0.25) is 11.8 Å². The summed E-state index contributed by atoms with van der Waals surface area (Å²) in [5.74, 6) is 0.612. The standard InChI is InChI=1S/C20H20ClN3O4S/c1-4-18(25)24-20-23-13-6-5-11(7-17(13)29-20)8-19(26)22-14-9-12(21)15(27-2)10-16(14)28-3/h5-7,9-10H,4,8H2,1-3H3,(H,22,26)(H,23,24,25). The van der Waals surface area contributed by atoms with E-state index in [4.69, 9.17) is 21.1 Å². The largest absolute Gasteiger partial charge is 0.495 e. The Labute approximate surface area is 177 Å². The Kier molecular flexibility index (Phi) is 6.56. The van der Waals surface area contributed by atoms with Crippen molar-refractivity contribution in [3.8, 4) is 11.5 Å². The fourth-order valence-corrected chi connectivity index (χ4v) is 3.86. The van der Waals surface area contributed by atoms with Crippen LogP contribution in [0.3, 0.4) is 0 Å². The lowest BCUT2D eigenvalue weighted by atomic mass is 10.1. The van der Waals surface area contributed by atoms with Gasteiger partial charge in [-0.25, -0.2) is 4.98 Å². The molecule has 1 aromatic heterocycles. The number of ether oxygens (including phenoxy) is 2. The number of nitrogens with one attached hydrogen (secondary N) is 2. The van der Waals surface area contributed by atoms with Crippen molar-refractivity contribution in [2.45, 2.75) is 19.8 Å². The first-order valence-electron chi connectivity index (χ1n) is 8.84. The zero-order valence-corrected chi connectivity index (χ0v) is 17.7. The first kappa shape index (κ1) is 20.9. The molecule has 2 N–H and O–H groups in total. The molecular formula is C20H20ClN3O4S. The summed E-state index contributed by atoms with van der Waals surface area (Å²) in [6.45, 7) is 1.78. The van der Waals surface area contributed by atoms with Crippen molar-refractivity contribution in [1.29, 1.82) is 0 Å². The van der Waals surface area contributed by atoms with Crippen LogP contribution >= 0.6 is 22.9 Å². The molecule has 2 aromatic carbocycles. The quantitative estimate of drug-likeness (QED) is 0.572. The zero-order valence-electron chi connectivity index (χ0n) is 16.2. The van der Waals surface area contributed by atoms with Gasteiger partial charge in [0, 0.05) is 12.5 Å². The van der Waals surface area contributed by atoms with E-state index in [2.05, 4.69) is 15.6 Å². The molecule has 0 radical (unpaired) electrons. The number of thiazole rings is 1. The normalized spacial score (nSPS) is 10.6. The molecule has 29 heavy (non-hydrogen) atoms. The van der Waals surface area contributed by atoms with Gasteiger partial charge in [-0.2, -0.15) is 0 Å². The number of hydrogen-bond donors (Lipinski definition) is 2. The first-order valence-corrected chi connectivity index (χ1v) is 10.0. The van der Waals surface area contributed by atoms with E-state index in [0.717, 1.165) is 15.8 Å². The minimum Gasteiger partial charge on any atom is -0.495 e. The third-order valence-electron chi connectivity index (χ3n) is 4.13. The smallest absolute Gasteiger partial charge is 0.228 e. The van der Waals surface area contributed by atoms with Crippen molar-refractivity contribution in [3.05, 3.63) is 40.9 Å². The van der Waals surface area contributed by atoms with Gasteiger partial charge < -0.3 is 20.1 Å². The van der Waals surface area contributed by atoms with Crippen LogP contribution in [0, 0.1) is 0 Å². The highest BCUT2D eigenvalue weighted by Gasteiger charge is 2.14. The van der Waals surface area contributed by atoms with Crippen molar-refractivity contribution in [2.24, 2.45) is 0 Å². The first-order chi connectivity index (χ1) is 13.9. The number of nitrogens with zero attached hydrogens (tertiary/aromatic N) is 1. The third-order valence-corrected chi connectivity index (χ3v) is 5.36. The topological polar surface area (TPSA) is 89.6 Å². The minimum atomic E-state index is -0.215. The molecule has 0 saturated carbocycles. The molecule has 1 heterocycles. The number of benzene rings is 2. The molecule has 0 bridgehead atoms. The van der Waals surface area contributed by atoms with Crippen LogP contribution in [0.4, 0.5) is 10.8 Å². The van der Waals surface area contributed by atoms with Gasteiger partial charge in [-0.1, -0.05) is 35.9 Å². The molecule has 0 unspecified atom stereocenters. The Balaban J connectivity index is 1.74. The summed E-state index contributed by atoms with van der Waals surface area (Å²) in [7, 11) is 3.01. The highest BCUT2D eigenvalue weighted by atomic mass is 35.5. The molecule has 0 saturated heterocycles. The SMILES string of the molecule is CCC(=O)Nc1nc2ccc(CC(=O)Nc3cc(Cl)c(OC)cc3OC)cc2s1. The van der Waals surface area contributed by atoms with Gasteiger partial charge in [-0.3, -0.25) is 9.59 Å². The van der Waals surface area contributed by atoms with Gasteiger partial charge in [0.25, 0.3) is 0 Å². The van der Waals surface area contributed by atoms with E-state index in [1.807, 2.05) is 18.2 Å². The number of aromatic nitrogens is 1. The molecule has 7 nitrogen and oxygen atoms in total. The predicted octanol–water partition coefficient (Wildman–Crippen LogP) is 4.50. The molecule has 0 fully saturated rings. The lowest BCUT2D eigenvalue weighted by Gasteiger charge is -2.13. The summed E-state index contributed by atoms with van der Waals surface area (Å²) >= 11 is 7.52. The molecule has 3 rings (SSSR count). The van der Waals surface area contributed by atoms with Gasteiger partial charge in [0.05, 0.1) is 41.6 Å².